The first-order chi connectivity index (χ1) is 9.70. The van der Waals surface area contributed by atoms with Gasteiger partial charge in [-0.05, 0) is 48.0 Å². The summed E-state index contributed by atoms with van der Waals surface area (Å²) in [6.07, 6.45) is 6.41. The van der Waals surface area contributed by atoms with Crippen LogP contribution in [0.4, 0.5) is 0 Å². The van der Waals surface area contributed by atoms with E-state index in [9.17, 15) is 0 Å². The molecule has 4 rings (SSSR count). The lowest BCUT2D eigenvalue weighted by atomic mass is 9.59. The average Bonchev–Trinajstić information content (AvgIpc) is 2.87. The Morgan fingerprint density at radius 1 is 1.15 bits per heavy atom. The predicted molar refractivity (Wildman–Crippen MR) is 84.1 cm³/mol. The van der Waals surface area contributed by atoms with Gasteiger partial charge in [0.1, 0.15) is 0 Å². The van der Waals surface area contributed by atoms with E-state index in [2.05, 4.69) is 34.9 Å². The van der Waals surface area contributed by atoms with Crippen LogP contribution in [0.1, 0.15) is 42.9 Å². The average molecular weight is 287 g/mol. The van der Waals surface area contributed by atoms with E-state index in [0.717, 1.165) is 0 Å². The largest absolute Gasteiger partial charge is 0.355 e. The Bertz CT molecular complexity index is 550. The number of hydrogen-bond donors (Lipinski definition) is 3. The van der Waals surface area contributed by atoms with Gasteiger partial charge in [-0.25, -0.2) is 0 Å². The van der Waals surface area contributed by atoms with Crippen LogP contribution in [-0.2, 0) is 6.42 Å². The van der Waals surface area contributed by atoms with Gasteiger partial charge in [-0.1, -0.05) is 37.1 Å². The molecular weight excluding hydrogens is 266 g/mol. The second-order valence-corrected chi connectivity index (χ2v) is 7.00. The van der Waals surface area contributed by atoms with E-state index in [1.54, 1.807) is 0 Å². The third kappa shape index (κ3) is 1.71. The monoisotopic (exact) mass is 287 g/mol. The van der Waals surface area contributed by atoms with Crippen LogP contribution in [0.15, 0.2) is 24.3 Å². The van der Waals surface area contributed by atoms with Crippen molar-refractivity contribution in [1.82, 2.24) is 10.6 Å². The van der Waals surface area contributed by atoms with E-state index in [4.69, 9.17) is 18.0 Å². The normalized spacial score (nSPS) is 34.0. The molecule has 1 aromatic carbocycles. The van der Waals surface area contributed by atoms with Crippen LogP contribution in [0, 0.1) is 11.3 Å². The number of thiocarbonyl (C=S) groups is 1. The highest BCUT2D eigenvalue weighted by Gasteiger charge is 2.53. The zero-order valence-corrected chi connectivity index (χ0v) is 12.4. The molecule has 0 aromatic heterocycles. The fraction of sp³-hybridized carbons (Fsp3) is 0.562. The van der Waals surface area contributed by atoms with Gasteiger partial charge in [-0.3, -0.25) is 0 Å². The molecule has 0 amide bonds. The Morgan fingerprint density at radius 2 is 1.90 bits per heavy atom. The van der Waals surface area contributed by atoms with Gasteiger partial charge >= 0.3 is 0 Å². The van der Waals surface area contributed by atoms with Gasteiger partial charge in [-0.15, -0.1) is 0 Å². The molecule has 3 unspecified atom stereocenters. The van der Waals surface area contributed by atoms with Gasteiger partial charge < -0.3 is 16.4 Å². The third-order valence-corrected chi connectivity index (χ3v) is 5.81. The van der Waals surface area contributed by atoms with Crippen molar-refractivity contribution < 1.29 is 0 Å². The van der Waals surface area contributed by atoms with Crippen LogP contribution in [0.25, 0.3) is 0 Å². The molecule has 4 N–H and O–H groups in total. The van der Waals surface area contributed by atoms with E-state index < -0.39 is 0 Å². The third-order valence-electron chi connectivity index (χ3n) is 5.57. The molecule has 0 bridgehead atoms. The summed E-state index contributed by atoms with van der Waals surface area (Å²) in [6.45, 7) is 0. The number of nitrogens with two attached hydrogens (primary N) is 1. The topological polar surface area (TPSA) is 50.1 Å². The van der Waals surface area contributed by atoms with Gasteiger partial charge in [0.05, 0.1) is 12.2 Å². The van der Waals surface area contributed by atoms with Gasteiger partial charge in [0, 0.05) is 5.92 Å². The second-order valence-electron chi connectivity index (χ2n) is 6.59. The summed E-state index contributed by atoms with van der Waals surface area (Å²) < 4.78 is 0. The standard InChI is InChI=1S/C16H21N3S/c17-14-12-13(18-15(20)19-14)11-6-2-1-5-10(11)9-16(12)7-3-4-8-16/h1-2,5-6,12-14H,3-4,7-9,17H2,(H2,18,19,20). The smallest absolute Gasteiger partial charge is 0.168 e. The first kappa shape index (κ1) is 12.6. The van der Waals surface area contributed by atoms with Crippen molar-refractivity contribution in [3.05, 3.63) is 35.4 Å². The molecule has 3 atom stereocenters. The van der Waals surface area contributed by atoms with Crippen molar-refractivity contribution in [2.75, 3.05) is 0 Å². The molecular formula is C16H21N3S. The molecule has 106 valence electrons. The predicted octanol–water partition coefficient (Wildman–Crippen LogP) is 2.22. The molecule has 1 heterocycles. The van der Waals surface area contributed by atoms with Crippen LogP contribution in [-0.4, -0.2) is 11.3 Å². The summed E-state index contributed by atoms with van der Waals surface area (Å²) in [7, 11) is 0. The van der Waals surface area contributed by atoms with Gasteiger partial charge in [0.25, 0.3) is 0 Å². The van der Waals surface area contributed by atoms with Gasteiger partial charge in [-0.2, -0.15) is 0 Å². The maximum atomic E-state index is 6.45. The van der Waals surface area contributed by atoms with E-state index >= 15 is 0 Å². The Kier molecular flexibility index (Phi) is 2.79. The van der Waals surface area contributed by atoms with E-state index in [0.29, 0.717) is 16.4 Å². The molecule has 1 aliphatic heterocycles. The minimum Gasteiger partial charge on any atom is -0.355 e. The quantitative estimate of drug-likeness (QED) is 0.641. The number of fused-ring (bicyclic) bond motifs is 4. The Balaban J connectivity index is 1.85. The Morgan fingerprint density at radius 3 is 2.70 bits per heavy atom. The molecule has 1 spiro atoms. The zero-order valence-electron chi connectivity index (χ0n) is 11.6. The lowest BCUT2D eigenvalue weighted by Crippen LogP contribution is -2.65. The molecule has 20 heavy (non-hydrogen) atoms. The lowest BCUT2D eigenvalue weighted by molar-refractivity contribution is 0.0726. The second kappa shape index (κ2) is 4.43. The van der Waals surface area contributed by atoms with Crippen molar-refractivity contribution in [3.8, 4) is 0 Å². The van der Waals surface area contributed by atoms with E-state index in [-0.39, 0.29) is 12.2 Å². The fourth-order valence-electron chi connectivity index (χ4n) is 4.81. The van der Waals surface area contributed by atoms with Crippen molar-refractivity contribution in [1.29, 1.82) is 0 Å². The van der Waals surface area contributed by atoms with Crippen LogP contribution in [0.2, 0.25) is 0 Å². The van der Waals surface area contributed by atoms with Crippen LogP contribution in [0.3, 0.4) is 0 Å². The van der Waals surface area contributed by atoms with E-state index in [1.165, 1.54) is 43.2 Å². The Hall–Kier alpha value is -1.13. The molecule has 1 saturated carbocycles. The van der Waals surface area contributed by atoms with Crippen LogP contribution >= 0.6 is 12.2 Å². The summed E-state index contributed by atoms with van der Waals surface area (Å²) in [5.41, 5.74) is 9.69. The SMILES string of the molecule is NC1NC(=S)NC2c3ccccc3CC3(CCCC3)C12. The number of rotatable bonds is 0. The molecule has 1 aromatic rings. The van der Waals surface area contributed by atoms with Crippen molar-refractivity contribution in [2.45, 2.75) is 44.3 Å². The lowest BCUT2D eigenvalue weighted by Gasteiger charge is -2.52. The molecule has 1 saturated heterocycles. The van der Waals surface area contributed by atoms with Crippen LogP contribution < -0.4 is 16.4 Å². The maximum absolute atomic E-state index is 6.45. The highest BCUT2D eigenvalue weighted by atomic mass is 32.1. The zero-order chi connectivity index (χ0) is 13.7. The van der Waals surface area contributed by atoms with E-state index in [1.807, 2.05) is 0 Å². The van der Waals surface area contributed by atoms with Crippen molar-refractivity contribution in [3.63, 3.8) is 0 Å². The number of nitrogens with one attached hydrogen (secondary N) is 2. The number of hydrogen-bond acceptors (Lipinski definition) is 2. The maximum Gasteiger partial charge on any atom is 0.168 e. The van der Waals surface area contributed by atoms with Gasteiger partial charge in [0.15, 0.2) is 5.11 Å². The first-order valence-corrected chi connectivity index (χ1v) is 8.01. The molecule has 2 fully saturated rings. The highest BCUT2D eigenvalue weighted by Crippen LogP contribution is 2.55. The van der Waals surface area contributed by atoms with Crippen molar-refractivity contribution >= 4 is 17.3 Å². The summed E-state index contributed by atoms with van der Waals surface area (Å²) in [6, 6.07) is 9.08. The summed E-state index contributed by atoms with van der Waals surface area (Å²) >= 11 is 5.34. The molecule has 3 nitrogen and oxygen atoms in total. The molecule has 3 aliphatic rings. The summed E-state index contributed by atoms with van der Waals surface area (Å²) in [4.78, 5) is 0. The summed E-state index contributed by atoms with van der Waals surface area (Å²) in [5, 5.41) is 7.45. The fourth-order valence-corrected chi connectivity index (χ4v) is 5.07. The number of benzene rings is 1. The molecule has 4 heteroatoms. The van der Waals surface area contributed by atoms with Gasteiger partial charge in [0.2, 0.25) is 0 Å². The minimum absolute atomic E-state index is 0.0276. The minimum atomic E-state index is -0.0276. The first-order valence-electron chi connectivity index (χ1n) is 7.60. The molecule has 2 aliphatic carbocycles. The van der Waals surface area contributed by atoms with Crippen LogP contribution in [0.5, 0.6) is 0 Å². The Labute approximate surface area is 125 Å². The summed E-state index contributed by atoms with van der Waals surface area (Å²) in [5.74, 6) is 0.437. The molecule has 0 radical (unpaired) electrons. The highest BCUT2D eigenvalue weighted by molar-refractivity contribution is 7.80. The van der Waals surface area contributed by atoms with Crippen molar-refractivity contribution in [2.24, 2.45) is 17.1 Å².